The molecule has 0 unspecified atom stereocenters. The molecule has 3 heterocycles. The highest BCUT2D eigenvalue weighted by molar-refractivity contribution is 5.48. The summed E-state index contributed by atoms with van der Waals surface area (Å²) in [7, 11) is 1.72. The molecule has 2 aromatic rings. The van der Waals surface area contributed by atoms with Crippen LogP contribution in [0.3, 0.4) is 0 Å². The first-order valence-electron chi connectivity index (χ1n) is 9.17. The molecule has 0 saturated heterocycles. The summed E-state index contributed by atoms with van der Waals surface area (Å²) in [5, 5.41) is 12.3. The molecule has 0 saturated carbocycles. The van der Waals surface area contributed by atoms with Gasteiger partial charge in [0, 0.05) is 37.1 Å². The van der Waals surface area contributed by atoms with Crippen molar-refractivity contribution in [2.45, 2.75) is 64.8 Å². The molecule has 6 nitrogen and oxygen atoms in total. The standard InChI is InChI=1S/C19H26N4O2/c1-12-8-14-9-16(24-3)15(10-17(14)25-12)11-20-13(2)19-22-21-18-6-4-5-7-23(18)19/h9-10,12-13,20H,4-8,11H2,1-3H3/t12-,13+/m1/s1. The van der Waals surface area contributed by atoms with Crippen molar-refractivity contribution in [2.24, 2.45) is 0 Å². The molecule has 6 heteroatoms. The van der Waals surface area contributed by atoms with Crippen LogP contribution in [0, 0.1) is 0 Å². The zero-order valence-electron chi connectivity index (χ0n) is 15.2. The summed E-state index contributed by atoms with van der Waals surface area (Å²) in [5.41, 5.74) is 2.34. The summed E-state index contributed by atoms with van der Waals surface area (Å²) < 4.78 is 13.8. The van der Waals surface area contributed by atoms with Crippen molar-refractivity contribution in [1.82, 2.24) is 20.1 Å². The lowest BCUT2D eigenvalue weighted by Crippen LogP contribution is -2.23. The maximum atomic E-state index is 5.89. The van der Waals surface area contributed by atoms with Crippen LogP contribution >= 0.6 is 0 Å². The van der Waals surface area contributed by atoms with Crippen molar-refractivity contribution < 1.29 is 9.47 Å². The third-order valence-corrected chi connectivity index (χ3v) is 5.17. The van der Waals surface area contributed by atoms with Crippen LogP contribution in [0.1, 0.15) is 55.5 Å². The van der Waals surface area contributed by atoms with E-state index in [4.69, 9.17) is 9.47 Å². The van der Waals surface area contributed by atoms with E-state index in [1.165, 1.54) is 18.4 Å². The molecule has 2 atom stereocenters. The summed E-state index contributed by atoms with van der Waals surface area (Å²) >= 11 is 0. The number of ether oxygens (including phenoxy) is 2. The average molecular weight is 342 g/mol. The maximum Gasteiger partial charge on any atom is 0.149 e. The molecular formula is C19H26N4O2. The van der Waals surface area contributed by atoms with Gasteiger partial charge in [-0.1, -0.05) is 0 Å². The summed E-state index contributed by atoms with van der Waals surface area (Å²) in [6.07, 6.45) is 4.64. The monoisotopic (exact) mass is 342 g/mol. The van der Waals surface area contributed by atoms with E-state index in [1.807, 2.05) is 0 Å². The van der Waals surface area contributed by atoms with Crippen molar-refractivity contribution in [3.63, 3.8) is 0 Å². The van der Waals surface area contributed by atoms with E-state index in [1.54, 1.807) is 7.11 Å². The van der Waals surface area contributed by atoms with Gasteiger partial charge >= 0.3 is 0 Å². The smallest absolute Gasteiger partial charge is 0.149 e. The van der Waals surface area contributed by atoms with Gasteiger partial charge in [0.05, 0.1) is 13.2 Å². The van der Waals surface area contributed by atoms with Crippen LogP contribution in [0.4, 0.5) is 0 Å². The lowest BCUT2D eigenvalue weighted by molar-refractivity contribution is 0.254. The zero-order chi connectivity index (χ0) is 17.4. The molecule has 1 aromatic heterocycles. The van der Waals surface area contributed by atoms with Gasteiger partial charge in [-0.3, -0.25) is 0 Å². The van der Waals surface area contributed by atoms with Gasteiger partial charge in [0.2, 0.25) is 0 Å². The Morgan fingerprint density at radius 3 is 3.08 bits per heavy atom. The van der Waals surface area contributed by atoms with Crippen LogP contribution in [0.15, 0.2) is 12.1 Å². The third-order valence-electron chi connectivity index (χ3n) is 5.17. The van der Waals surface area contributed by atoms with E-state index in [0.29, 0.717) is 6.54 Å². The van der Waals surface area contributed by atoms with Crippen molar-refractivity contribution >= 4 is 0 Å². The third kappa shape index (κ3) is 3.11. The molecule has 2 aliphatic heterocycles. The number of fused-ring (bicyclic) bond motifs is 2. The topological polar surface area (TPSA) is 61.2 Å². The predicted octanol–water partition coefficient (Wildman–Crippen LogP) is 2.80. The first-order valence-corrected chi connectivity index (χ1v) is 9.17. The molecule has 0 aliphatic carbocycles. The van der Waals surface area contributed by atoms with Crippen LogP contribution in [0.2, 0.25) is 0 Å². The van der Waals surface area contributed by atoms with Gasteiger partial charge in [-0.25, -0.2) is 0 Å². The Hall–Kier alpha value is -2.08. The minimum atomic E-state index is 0.136. The fraction of sp³-hybridized carbons (Fsp3) is 0.579. The van der Waals surface area contributed by atoms with E-state index in [2.05, 4.69) is 46.1 Å². The summed E-state index contributed by atoms with van der Waals surface area (Å²) in [6, 6.07) is 4.35. The molecule has 134 valence electrons. The van der Waals surface area contributed by atoms with Gasteiger partial charge < -0.3 is 19.4 Å². The van der Waals surface area contributed by atoms with Gasteiger partial charge in [-0.15, -0.1) is 10.2 Å². The second-order valence-electron chi connectivity index (χ2n) is 7.09. The molecule has 0 spiro atoms. The number of rotatable bonds is 5. The summed E-state index contributed by atoms with van der Waals surface area (Å²) in [4.78, 5) is 0. The lowest BCUT2D eigenvalue weighted by atomic mass is 10.1. The number of methoxy groups -OCH3 is 1. The predicted molar refractivity (Wildman–Crippen MR) is 95.0 cm³/mol. The quantitative estimate of drug-likeness (QED) is 0.905. The minimum absolute atomic E-state index is 0.136. The van der Waals surface area contributed by atoms with Crippen LogP contribution in [-0.4, -0.2) is 28.0 Å². The lowest BCUT2D eigenvalue weighted by Gasteiger charge is -2.19. The molecule has 0 bridgehead atoms. The van der Waals surface area contributed by atoms with Crippen molar-refractivity contribution in [1.29, 1.82) is 0 Å². The van der Waals surface area contributed by atoms with Gasteiger partial charge in [0.1, 0.15) is 29.3 Å². The number of hydrogen-bond donors (Lipinski definition) is 1. The highest BCUT2D eigenvalue weighted by Gasteiger charge is 2.23. The van der Waals surface area contributed by atoms with E-state index in [-0.39, 0.29) is 12.1 Å². The largest absolute Gasteiger partial charge is 0.496 e. The van der Waals surface area contributed by atoms with Crippen LogP contribution in [0.5, 0.6) is 11.5 Å². The van der Waals surface area contributed by atoms with Crippen molar-refractivity contribution in [3.05, 3.63) is 34.9 Å². The molecule has 25 heavy (non-hydrogen) atoms. The number of hydrogen-bond acceptors (Lipinski definition) is 5. The fourth-order valence-electron chi connectivity index (χ4n) is 3.82. The van der Waals surface area contributed by atoms with Crippen LogP contribution in [0.25, 0.3) is 0 Å². The molecule has 4 rings (SSSR count). The Labute approximate surface area is 148 Å². The number of aryl methyl sites for hydroxylation is 1. The van der Waals surface area contributed by atoms with Gasteiger partial charge in [-0.05, 0) is 38.8 Å². The molecule has 1 aromatic carbocycles. The van der Waals surface area contributed by atoms with E-state index < -0.39 is 0 Å². The second kappa shape index (κ2) is 6.67. The molecule has 0 fully saturated rings. The van der Waals surface area contributed by atoms with Gasteiger partial charge in [0.25, 0.3) is 0 Å². The van der Waals surface area contributed by atoms with Crippen LogP contribution in [-0.2, 0) is 25.9 Å². The fourth-order valence-corrected chi connectivity index (χ4v) is 3.82. The molecule has 2 aliphatic rings. The number of nitrogens with one attached hydrogen (secondary N) is 1. The average Bonchev–Trinajstić information content (AvgIpc) is 3.20. The number of aromatic nitrogens is 3. The molecule has 1 N–H and O–H groups in total. The Bertz CT molecular complexity index is 771. The zero-order valence-corrected chi connectivity index (χ0v) is 15.2. The Morgan fingerprint density at radius 2 is 2.24 bits per heavy atom. The minimum Gasteiger partial charge on any atom is -0.496 e. The van der Waals surface area contributed by atoms with Gasteiger partial charge in [0.15, 0.2) is 0 Å². The van der Waals surface area contributed by atoms with E-state index >= 15 is 0 Å². The first-order chi connectivity index (χ1) is 12.2. The highest BCUT2D eigenvalue weighted by Crippen LogP contribution is 2.35. The van der Waals surface area contributed by atoms with Gasteiger partial charge in [-0.2, -0.15) is 0 Å². The summed E-state index contributed by atoms with van der Waals surface area (Å²) in [5.74, 6) is 4.05. The number of nitrogens with zero attached hydrogens (tertiary/aromatic N) is 3. The Kier molecular flexibility index (Phi) is 4.37. The Morgan fingerprint density at radius 1 is 1.36 bits per heavy atom. The van der Waals surface area contributed by atoms with E-state index in [9.17, 15) is 0 Å². The first kappa shape index (κ1) is 16.4. The molecule has 0 amide bonds. The van der Waals surface area contributed by atoms with Crippen LogP contribution < -0.4 is 14.8 Å². The molecular weight excluding hydrogens is 316 g/mol. The van der Waals surface area contributed by atoms with Crippen molar-refractivity contribution in [2.75, 3.05) is 7.11 Å². The SMILES string of the molecule is COc1cc2c(cc1CN[C@@H](C)c1nnc3n1CCCC3)O[C@H](C)C2. The summed E-state index contributed by atoms with van der Waals surface area (Å²) in [6.45, 7) is 5.97. The van der Waals surface area contributed by atoms with Crippen molar-refractivity contribution in [3.8, 4) is 11.5 Å². The second-order valence-corrected chi connectivity index (χ2v) is 7.09. The molecule has 0 radical (unpaired) electrons. The van der Waals surface area contributed by atoms with E-state index in [0.717, 1.165) is 48.1 Å². The highest BCUT2D eigenvalue weighted by atomic mass is 16.5. The maximum absolute atomic E-state index is 5.89. The normalized spacial score (nSPS) is 19.9. The Balaban J connectivity index is 1.50. The number of benzene rings is 1.